The van der Waals surface area contributed by atoms with E-state index >= 15 is 0 Å². The lowest BCUT2D eigenvalue weighted by Gasteiger charge is -2.38. The van der Waals surface area contributed by atoms with E-state index in [9.17, 15) is 5.11 Å². The van der Waals surface area contributed by atoms with Gasteiger partial charge in [-0.2, -0.15) is 0 Å². The highest BCUT2D eigenvalue weighted by Crippen LogP contribution is 2.43. The Morgan fingerprint density at radius 1 is 1.12 bits per heavy atom. The minimum absolute atomic E-state index is 0.0848. The van der Waals surface area contributed by atoms with Gasteiger partial charge in [-0.05, 0) is 38.2 Å². The molecule has 0 aliphatic carbocycles. The molecular weight excluding hydrogens is 353 g/mol. The highest BCUT2D eigenvalue weighted by atomic mass is 35.5. The first-order chi connectivity index (χ1) is 11.8. The maximum atomic E-state index is 11.8. The summed E-state index contributed by atoms with van der Waals surface area (Å²) in [6, 6.07) is 15.4. The maximum absolute atomic E-state index is 11.8. The van der Waals surface area contributed by atoms with Gasteiger partial charge in [-0.3, -0.25) is 0 Å². The van der Waals surface area contributed by atoms with Crippen LogP contribution in [-0.4, -0.2) is 30.6 Å². The van der Waals surface area contributed by atoms with Crippen LogP contribution in [0.25, 0.3) is 6.08 Å². The summed E-state index contributed by atoms with van der Waals surface area (Å²) in [7, 11) is 3.99. The van der Waals surface area contributed by atoms with Crippen molar-refractivity contribution in [3.63, 3.8) is 0 Å². The molecule has 134 valence electrons. The molecule has 2 aromatic rings. The number of nitrogens with zero attached hydrogens (tertiary/aromatic N) is 1. The van der Waals surface area contributed by atoms with Crippen LogP contribution in [0, 0.1) is 5.92 Å². The van der Waals surface area contributed by atoms with Gasteiger partial charge in [0.2, 0.25) is 0 Å². The van der Waals surface area contributed by atoms with Crippen LogP contribution in [-0.2, 0) is 5.60 Å². The van der Waals surface area contributed by atoms with E-state index in [1.54, 1.807) is 6.07 Å². The molecule has 4 heteroatoms. The summed E-state index contributed by atoms with van der Waals surface area (Å²) >= 11 is 12.7. The van der Waals surface area contributed by atoms with E-state index < -0.39 is 5.60 Å². The zero-order chi connectivity index (χ0) is 18.6. The molecule has 0 aliphatic rings. The molecule has 0 heterocycles. The lowest BCUT2D eigenvalue weighted by Crippen LogP contribution is -2.40. The molecule has 25 heavy (non-hydrogen) atoms. The number of hydrogen-bond acceptors (Lipinski definition) is 2. The van der Waals surface area contributed by atoms with Gasteiger partial charge >= 0.3 is 0 Å². The monoisotopic (exact) mass is 377 g/mol. The van der Waals surface area contributed by atoms with Crippen LogP contribution < -0.4 is 0 Å². The van der Waals surface area contributed by atoms with Gasteiger partial charge in [0, 0.05) is 18.0 Å². The zero-order valence-corrected chi connectivity index (χ0v) is 16.6. The summed E-state index contributed by atoms with van der Waals surface area (Å²) < 4.78 is 0. The lowest BCUT2D eigenvalue weighted by molar-refractivity contribution is 0.0106. The van der Waals surface area contributed by atoms with Crippen LogP contribution in [0.3, 0.4) is 0 Å². The van der Waals surface area contributed by atoms with Gasteiger partial charge < -0.3 is 10.0 Å². The van der Waals surface area contributed by atoms with E-state index in [0.717, 1.165) is 11.1 Å². The molecule has 0 saturated heterocycles. The molecule has 2 aromatic carbocycles. The summed E-state index contributed by atoms with van der Waals surface area (Å²) in [5.41, 5.74) is 1.29. The number of rotatable bonds is 6. The normalized spacial score (nSPS) is 15.9. The molecule has 2 unspecified atom stereocenters. The molecule has 0 spiro atoms. The van der Waals surface area contributed by atoms with Crippen molar-refractivity contribution in [2.75, 3.05) is 20.6 Å². The van der Waals surface area contributed by atoms with Crippen molar-refractivity contribution in [3.8, 4) is 0 Å². The Morgan fingerprint density at radius 3 is 2.36 bits per heavy atom. The smallest absolute Gasteiger partial charge is 0.116 e. The van der Waals surface area contributed by atoms with Crippen molar-refractivity contribution in [2.45, 2.75) is 19.4 Å². The Balaban J connectivity index is 2.60. The molecule has 2 nitrogen and oxygen atoms in total. The van der Waals surface area contributed by atoms with Crippen molar-refractivity contribution in [1.29, 1.82) is 0 Å². The first-order valence-electron chi connectivity index (χ1n) is 8.32. The standard InChI is InChI=1S/C21H25Cl2NO/c1-15(13-17-9-6-5-7-10-17)21(25,16(2)14-24(3)4)18-11-8-12-19(22)20(18)23/h5-13,16,25H,14H2,1-4H3. The van der Waals surface area contributed by atoms with Crippen molar-refractivity contribution in [3.05, 3.63) is 75.3 Å². The topological polar surface area (TPSA) is 23.5 Å². The molecule has 0 aliphatic heterocycles. The Morgan fingerprint density at radius 2 is 1.76 bits per heavy atom. The molecule has 0 aromatic heterocycles. The van der Waals surface area contributed by atoms with Gasteiger partial charge in [0.1, 0.15) is 5.60 Å². The first kappa shape index (κ1) is 20.0. The quantitative estimate of drug-likeness (QED) is 0.719. The number of halogens is 2. The minimum Gasteiger partial charge on any atom is -0.380 e. The van der Waals surface area contributed by atoms with Gasteiger partial charge in [-0.25, -0.2) is 0 Å². The van der Waals surface area contributed by atoms with Crippen LogP contribution in [0.15, 0.2) is 54.1 Å². The number of aliphatic hydroxyl groups is 1. The molecule has 0 radical (unpaired) electrons. The largest absolute Gasteiger partial charge is 0.380 e. The lowest BCUT2D eigenvalue weighted by atomic mass is 9.76. The fraction of sp³-hybridized carbons (Fsp3) is 0.333. The third-order valence-corrected chi connectivity index (χ3v) is 5.32. The van der Waals surface area contributed by atoms with Crippen molar-refractivity contribution in [1.82, 2.24) is 4.90 Å². The van der Waals surface area contributed by atoms with E-state index in [2.05, 4.69) is 4.90 Å². The van der Waals surface area contributed by atoms with Gasteiger partial charge in [-0.1, -0.05) is 78.7 Å². The van der Waals surface area contributed by atoms with Crippen LogP contribution in [0.4, 0.5) is 0 Å². The second-order valence-electron chi connectivity index (χ2n) is 6.77. The van der Waals surface area contributed by atoms with Crippen LogP contribution >= 0.6 is 23.2 Å². The van der Waals surface area contributed by atoms with Gasteiger partial charge in [0.05, 0.1) is 10.0 Å². The average Bonchev–Trinajstić information content (AvgIpc) is 2.56. The summed E-state index contributed by atoms with van der Waals surface area (Å²) in [6.45, 7) is 4.68. The second-order valence-corrected chi connectivity index (χ2v) is 7.55. The van der Waals surface area contributed by atoms with E-state index in [0.29, 0.717) is 22.2 Å². The molecule has 0 amide bonds. The molecule has 2 rings (SSSR count). The fourth-order valence-corrected chi connectivity index (χ4v) is 3.70. The third kappa shape index (κ3) is 4.45. The highest BCUT2D eigenvalue weighted by Gasteiger charge is 2.39. The Labute approximate surface area is 160 Å². The predicted molar refractivity (Wildman–Crippen MR) is 108 cm³/mol. The van der Waals surface area contributed by atoms with E-state index in [1.165, 1.54) is 0 Å². The van der Waals surface area contributed by atoms with Gasteiger partial charge in [-0.15, -0.1) is 0 Å². The van der Waals surface area contributed by atoms with Gasteiger partial charge in [0.25, 0.3) is 0 Å². The zero-order valence-electron chi connectivity index (χ0n) is 15.1. The molecule has 1 N–H and O–H groups in total. The van der Waals surface area contributed by atoms with E-state index in [4.69, 9.17) is 23.2 Å². The summed E-state index contributed by atoms with van der Waals surface area (Å²) in [5, 5.41) is 12.6. The molecular formula is C21H25Cl2NO. The minimum atomic E-state index is -1.22. The Kier molecular flexibility index (Phi) is 6.70. The number of benzene rings is 2. The predicted octanol–water partition coefficient (Wildman–Crippen LogP) is 5.48. The summed E-state index contributed by atoms with van der Waals surface area (Å²) in [5.74, 6) is -0.0848. The van der Waals surface area contributed by atoms with E-state index in [1.807, 2.05) is 76.5 Å². The first-order valence-corrected chi connectivity index (χ1v) is 9.07. The van der Waals surface area contributed by atoms with Crippen molar-refractivity contribution in [2.24, 2.45) is 5.92 Å². The summed E-state index contributed by atoms with van der Waals surface area (Å²) in [6.07, 6.45) is 2.00. The van der Waals surface area contributed by atoms with Crippen LogP contribution in [0.5, 0.6) is 0 Å². The van der Waals surface area contributed by atoms with Crippen LogP contribution in [0.2, 0.25) is 10.0 Å². The highest BCUT2D eigenvalue weighted by molar-refractivity contribution is 6.42. The van der Waals surface area contributed by atoms with Gasteiger partial charge in [0.15, 0.2) is 0 Å². The SMILES string of the molecule is CC(=Cc1ccccc1)C(O)(c1cccc(Cl)c1Cl)C(C)CN(C)C. The second kappa shape index (κ2) is 8.37. The molecule has 0 saturated carbocycles. The molecule has 2 atom stereocenters. The summed E-state index contributed by atoms with van der Waals surface area (Å²) in [4.78, 5) is 2.06. The van der Waals surface area contributed by atoms with Crippen molar-refractivity contribution < 1.29 is 5.11 Å². The Hall–Kier alpha value is -1.32. The third-order valence-electron chi connectivity index (χ3n) is 4.50. The van der Waals surface area contributed by atoms with E-state index in [-0.39, 0.29) is 5.92 Å². The molecule has 0 fully saturated rings. The maximum Gasteiger partial charge on any atom is 0.116 e. The molecule has 0 bridgehead atoms. The van der Waals surface area contributed by atoms with Crippen molar-refractivity contribution >= 4 is 29.3 Å². The Bertz CT molecular complexity index is 743. The number of hydrogen-bond donors (Lipinski definition) is 1. The fourth-order valence-electron chi connectivity index (χ4n) is 3.25. The average molecular weight is 378 g/mol. The van der Waals surface area contributed by atoms with Crippen LogP contribution in [0.1, 0.15) is 25.0 Å².